The minimum absolute atomic E-state index is 0.134. The molecule has 0 aliphatic rings. The van der Waals surface area contributed by atoms with Crippen molar-refractivity contribution in [1.29, 1.82) is 0 Å². The van der Waals surface area contributed by atoms with Crippen LogP contribution in [0.5, 0.6) is 0 Å². The lowest BCUT2D eigenvalue weighted by Crippen LogP contribution is -2.55. The van der Waals surface area contributed by atoms with Gasteiger partial charge in [-0.05, 0) is 63.8 Å². The molecule has 1 heterocycles. The predicted molar refractivity (Wildman–Crippen MR) is 207 cm³/mol. The number of imidazole rings is 1. The fourth-order valence-corrected chi connectivity index (χ4v) is 6.78. The highest BCUT2D eigenvalue weighted by atomic mass is 16.3. The smallest absolute Gasteiger partial charge is 0.243 e. The molecule has 5 aromatic rings. The monoisotopic (exact) mass is 703 g/mol. The molecule has 0 radical (unpaired) electrons. The number of hydrogen-bond acceptors (Lipinski definition) is 5. The molecule has 0 aliphatic carbocycles. The van der Waals surface area contributed by atoms with Crippen LogP contribution in [0.15, 0.2) is 97.5 Å². The lowest BCUT2D eigenvalue weighted by Gasteiger charge is -2.29. The van der Waals surface area contributed by atoms with Crippen LogP contribution in [0.3, 0.4) is 0 Å². The van der Waals surface area contributed by atoms with Crippen LogP contribution in [-0.4, -0.2) is 57.5 Å². The molecule has 9 nitrogen and oxygen atoms in total. The molecule has 274 valence electrons. The molecule has 5 rings (SSSR count). The van der Waals surface area contributed by atoms with Crippen LogP contribution in [0.2, 0.25) is 0 Å². The highest BCUT2D eigenvalue weighted by molar-refractivity contribution is 5.91. The van der Waals surface area contributed by atoms with Gasteiger partial charge in [0.05, 0.1) is 24.9 Å². The number of hydrogen-bond donors (Lipinski definition) is 5. The minimum Gasteiger partial charge on any atom is -0.390 e. The maximum atomic E-state index is 14.5. The molecule has 0 saturated carbocycles. The molecule has 0 aliphatic heterocycles. The Hall–Kier alpha value is -5.02. The second-order valence-corrected chi connectivity index (χ2v) is 14.6. The third-order valence-corrected chi connectivity index (χ3v) is 9.93. The molecule has 3 unspecified atom stereocenters. The number of aliphatic hydroxyl groups is 1. The van der Waals surface area contributed by atoms with Crippen molar-refractivity contribution in [3.8, 4) is 0 Å². The van der Waals surface area contributed by atoms with E-state index in [-0.39, 0.29) is 30.6 Å². The molecule has 0 saturated heterocycles. The number of carbonyl (C=O) groups is 3. The molecule has 1 aromatic heterocycles. The maximum Gasteiger partial charge on any atom is 0.243 e. The molecular formula is C43H53N5O4. The molecule has 52 heavy (non-hydrogen) atoms. The highest BCUT2D eigenvalue weighted by Crippen LogP contribution is 2.26. The zero-order valence-corrected chi connectivity index (χ0v) is 30.8. The van der Waals surface area contributed by atoms with Crippen molar-refractivity contribution in [3.63, 3.8) is 0 Å². The molecule has 4 atom stereocenters. The van der Waals surface area contributed by atoms with E-state index in [2.05, 4.69) is 88.3 Å². The molecule has 0 bridgehead atoms. The van der Waals surface area contributed by atoms with Gasteiger partial charge in [-0.25, -0.2) is 4.98 Å². The van der Waals surface area contributed by atoms with Crippen LogP contribution in [0.25, 0.3) is 21.5 Å². The minimum atomic E-state index is -1.10. The molecule has 4 aromatic carbocycles. The number of carbonyl (C=O) groups excluding carboxylic acids is 3. The van der Waals surface area contributed by atoms with E-state index in [1.54, 1.807) is 12.5 Å². The van der Waals surface area contributed by atoms with Crippen LogP contribution < -0.4 is 16.0 Å². The van der Waals surface area contributed by atoms with Crippen LogP contribution in [0.1, 0.15) is 63.8 Å². The first-order chi connectivity index (χ1) is 25.1. The van der Waals surface area contributed by atoms with E-state index >= 15 is 0 Å². The van der Waals surface area contributed by atoms with Gasteiger partial charge >= 0.3 is 0 Å². The van der Waals surface area contributed by atoms with Crippen LogP contribution in [0.4, 0.5) is 0 Å². The summed E-state index contributed by atoms with van der Waals surface area (Å²) in [6.07, 6.45) is 4.44. The SMILES string of the molecule is CCC(C)CNC(=O)C[C@H](O)C(CC(C)C)NC(=O)C(Cc1cnc[nH]1)NC(=O)C(Cc1cccc2ccccc12)Cc1cccc2ccccc12. The summed E-state index contributed by atoms with van der Waals surface area (Å²) in [4.78, 5) is 48.6. The molecule has 0 spiro atoms. The fourth-order valence-electron chi connectivity index (χ4n) is 6.78. The number of H-pyrrole nitrogens is 1. The number of benzene rings is 4. The first-order valence-electron chi connectivity index (χ1n) is 18.6. The molecular weight excluding hydrogens is 651 g/mol. The topological polar surface area (TPSA) is 136 Å². The van der Waals surface area contributed by atoms with Crippen LogP contribution in [-0.2, 0) is 33.6 Å². The Bertz CT molecular complexity index is 1830. The number of aliphatic hydroxyl groups excluding tert-OH is 1. The van der Waals surface area contributed by atoms with Gasteiger partial charge in [0, 0.05) is 30.8 Å². The van der Waals surface area contributed by atoms with E-state index in [9.17, 15) is 19.5 Å². The van der Waals surface area contributed by atoms with Gasteiger partial charge in [0.15, 0.2) is 0 Å². The fraction of sp³-hybridized carbons (Fsp3) is 0.395. The van der Waals surface area contributed by atoms with E-state index in [1.807, 2.05) is 50.2 Å². The number of aromatic amines is 1. The zero-order chi connectivity index (χ0) is 37.0. The highest BCUT2D eigenvalue weighted by Gasteiger charge is 2.31. The van der Waals surface area contributed by atoms with E-state index in [0.29, 0.717) is 37.4 Å². The normalized spacial score (nSPS) is 13.9. The second-order valence-electron chi connectivity index (χ2n) is 14.6. The third-order valence-electron chi connectivity index (χ3n) is 9.93. The summed E-state index contributed by atoms with van der Waals surface area (Å²) in [6.45, 7) is 8.66. The van der Waals surface area contributed by atoms with Gasteiger partial charge in [0.2, 0.25) is 17.7 Å². The summed E-state index contributed by atoms with van der Waals surface area (Å²) >= 11 is 0. The van der Waals surface area contributed by atoms with Crippen molar-refractivity contribution < 1.29 is 19.5 Å². The third kappa shape index (κ3) is 10.5. The second kappa shape index (κ2) is 18.5. The van der Waals surface area contributed by atoms with Gasteiger partial charge in [0.1, 0.15) is 6.04 Å². The summed E-state index contributed by atoms with van der Waals surface area (Å²) in [6, 6.07) is 27.0. The van der Waals surface area contributed by atoms with Gasteiger partial charge in [-0.3, -0.25) is 14.4 Å². The number of nitrogens with one attached hydrogen (secondary N) is 4. The van der Waals surface area contributed by atoms with E-state index in [0.717, 1.165) is 39.1 Å². The predicted octanol–water partition coefficient (Wildman–Crippen LogP) is 6.29. The van der Waals surface area contributed by atoms with E-state index in [4.69, 9.17) is 0 Å². The number of amides is 3. The van der Waals surface area contributed by atoms with Gasteiger partial charge in [0.25, 0.3) is 0 Å². The van der Waals surface area contributed by atoms with Gasteiger partial charge in [-0.2, -0.15) is 0 Å². The first-order valence-corrected chi connectivity index (χ1v) is 18.6. The van der Waals surface area contributed by atoms with Crippen molar-refractivity contribution in [2.45, 2.75) is 84.4 Å². The quantitative estimate of drug-likeness (QED) is 0.0731. The lowest BCUT2D eigenvalue weighted by atomic mass is 9.87. The number of fused-ring (bicyclic) bond motifs is 2. The summed E-state index contributed by atoms with van der Waals surface area (Å²) in [5, 5.41) is 24.6. The van der Waals surface area contributed by atoms with Gasteiger partial charge in [-0.15, -0.1) is 0 Å². The summed E-state index contributed by atoms with van der Waals surface area (Å²) in [7, 11) is 0. The summed E-state index contributed by atoms with van der Waals surface area (Å²) in [5.74, 6) is -0.978. The molecule has 0 fully saturated rings. The van der Waals surface area contributed by atoms with E-state index in [1.165, 1.54) is 0 Å². The Morgan fingerprint density at radius 2 is 1.37 bits per heavy atom. The standard InChI is InChI=1S/C43H53N5O4/c1-5-29(4)25-45-41(50)24-40(49)38(20-28(2)3)47-43(52)39(23-35-26-44-27-46-35)48-42(51)34(21-32-16-10-14-30-12-6-8-18-36(30)32)22-33-17-11-15-31-13-7-9-19-37(31)33/h6-19,26-29,34,38-40,49H,5,20-25H2,1-4H3,(H,44,46)(H,45,50)(H,47,52)(H,48,51)/t29?,38?,39?,40-/m0/s1. The Labute approximate surface area is 307 Å². The number of rotatable bonds is 18. The Balaban J connectivity index is 1.41. The van der Waals surface area contributed by atoms with Crippen molar-refractivity contribution in [3.05, 3.63) is 114 Å². The lowest BCUT2D eigenvalue weighted by molar-refractivity contribution is -0.132. The largest absolute Gasteiger partial charge is 0.390 e. The van der Waals surface area contributed by atoms with Crippen molar-refractivity contribution in [1.82, 2.24) is 25.9 Å². The Morgan fingerprint density at radius 3 is 1.92 bits per heavy atom. The Kier molecular flexibility index (Phi) is 13.6. The van der Waals surface area contributed by atoms with Gasteiger partial charge < -0.3 is 26.0 Å². The Morgan fingerprint density at radius 1 is 0.769 bits per heavy atom. The van der Waals surface area contributed by atoms with Crippen LogP contribution in [0, 0.1) is 17.8 Å². The average molecular weight is 704 g/mol. The molecule has 9 heteroatoms. The number of aromatic nitrogens is 2. The van der Waals surface area contributed by atoms with E-state index < -0.39 is 30.0 Å². The molecule has 5 N–H and O–H groups in total. The molecule has 3 amide bonds. The van der Waals surface area contributed by atoms with Crippen molar-refractivity contribution in [2.75, 3.05) is 6.54 Å². The van der Waals surface area contributed by atoms with Crippen LogP contribution >= 0.6 is 0 Å². The van der Waals surface area contributed by atoms with Crippen molar-refractivity contribution >= 4 is 39.3 Å². The summed E-state index contributed by atoms with van der Waals surface area (Å²) < 4.78 is 0. The maximum absolute atomic E-state index is 14.5. The number of nitrogens with zero attached hydrogens (tertiary/aromatic N) is 1. The average Bonchev–Trinajstić information content (AvgIpc) is 3.66. The van der Waals surface area contributed by atoms with Gasteiger partial charge in [-0.1, -0.05) is 119 Å². The van der Waals surface area contributed by atoms with Crippen molar-refractivity contribution in [2.24, 2.45) is 17.8 Å². The summed E-state index contributed by atoms with van der Waals surface area (Å²) in [5.41, 5.74) is 2.80. The zero-order valence-electron chi connectivity index (χ0n) is 30.8. The first kappa shape index (κ1) is 38.2.